The van der Waals surface area contributed by atoms with E-state index in [2.05, 4.69) is 43.2 Å². The van der Waals surface area contributed by atoms with Gasteiger partial charge in [-0.15, -0.1) is 23.1 Å². The Balaban J connectivity index is 1.51. The summed E-state index contributed by atoms with van der Waals surface area (Å²) in [4.78, 5) is 31.0. The summed E-state index contributed by atoms with van der Waals surface area (Å²) in [5, 5.41) is 27.1. The van der Waals surface area contributed by atoms with E-state index in [-0.39, 0.29) is 34.7 Å². The summed E-state index contributed by atoms with van der Waals surface area (Å²) >= 11 is 4.14. The minimum absolute atomic E-state index is 0.0464. The van der Waals surface area contributed by atoms with Crippen molar-refractivity contribution in [1.29, 1.82) is 10.5 Å². The Morgan fingerprint density at radius 2 is 2.03 bits per heavy atom. The van der Waals surface area contributed by atoms with E-state index < -0.39 is 5.97 Å². The number of ether oxygens (including phenoxy) is 1. The molecule has 0 spiro atoms. The van der Waals surface area contributed by atoms with E-state index >= 15 is 0 Å². The summed E-state index contributed by atoms with van der Waals surface area (Å²) < 4.78 is 5.05. The highest BCUT2D eigenvalue weighted by molar-refractivity contribution is 7.99. The van der Waals surface area contributed by atoms with Crippen molar-refractivity contribution in [3.63, 3.8) is 0 Å². The minimum atomic E-state index is -0.441. The normalized spacial score (nSPS) is 14.7. The van der Waals surface area contributed by atoms with Gasteiger partial charge in [0.1, 0.15) is 33.5 Å². The van der Waals surface area contributed by atoms with Crippen molar-refractivity contribution < 1.29 is 14.3 Å². The molecular formula is C28H29N5O3S3. The molecule has 3 aromatic heterocycles. The number of thioether (sulfide) groups is 1. The number of carbonyl (C=O) groups excluding carboxylic acids is 2. The molecule has 1 aliphatic rings. The molecule has 1 unspecified atom stereocenters. The van der Waals surface area contributed by atoms with Crippen molar-refractivity contribution in [3.8, 4) is 23.3 Å². The highest BCUT2D eigenvalue weighted by Gasteiger charge is 2.34. The van der Waals surface area contributed by atoms with Crippen LogP contribution in [0.5, 0.6) is 0 Å². The molecule has 0 radical (unpaired) electrons. The Bertz CT molecular complexity index is 1490. The van der Waals surface area contributed by atoms with Crippen LogP contribution in [0.1, 0.15) is 65.5 Å². The smallest absolute Gasteiger partial charge is 0.341 e. The number of pyridine rings is 1. The molecule has 0 bridgehead atoms. The maximum atomic E-state index is 13.0. The van der Waals surface area contributed by atoms with Crippen molar-refractivity contribution in [3.05, 3.63) is 44.0 Å². The third kappa shape index (κ3) is 5.96. The number of nitrogens with one attached hydrogen (secondary N) is 1. The van der Waals surface area contributed by atoms with Gasteiger partial charge in [-0.25, -0.2) is 9.78 Å². The van der Waals surface area contributed by atoms with Crippen molar-refractivity contribution in [1.82, 2.24) is 4.98 Å². The van der Waals surface area contributed by atoms with Gasteiger partial charge in [0.2, 0.25) is 5.91 Å². The summed E-state index contributed by atoms with van der Waals surface area (Å²) in [5.74, 6) is 0.173. The Hall–Kier alpha value is -3.38. The summed E-state index contributed by atoms with van der Waals surface area (Å²) in [6.07, 6.45) is 2.75. The molecule has 0 saturated carbocycles. The monoisotopic (exact) mass is 579 g/mol. The molecule has 1 amide bonds. The molecule has 3 N–H and O–H groups in total. The van der Waals surface area contributed by atoms with Crippen LogP contribution in [-0.2, 0) is 22.4 Å². The van der Waals surface area contributed by atoms with Crippen molar-refractivity contribution in [2.24, 2.45) is 11.3 Å². The first-order chi connectivity index (χ1) is 18.6. The average molecular weight is 580 g/mol. The van der Waals surface area contributed by atoms with Crippen LogP contribution in [0, 0.1) is 34.0 Å². The van der Waals surface area contributed by atoms with Crippen LogP contribution >= 0.6 is 34.4 Å². The summed E-state index contributed by atoms with van der Waals surface area (Å²) in [5.41, 5.74) is 9.27. The lowest BCUT2D eigenvalue weighted by atomic mass is 9.72. The fourth-order valence-corrected chi connectivity index (χ4v) is 7.67. The number of hydrogen-bond acceptors (Lipinski definition) is 10. The molecule has 0 saturated heterocycles. The van der Waals surface area contributed by atoms with E-state index in [4.69, 9.17) is 10.5 Å². The zero-order chi connectivity index (χ0) is 28.3. The molecule has 202 valence electrons. The molecule has 0 aliphatic heterocycles. The molecule has 8 nitrogen and oxygen atoms in total. The van der Waals surface area contributed by atoms with Crippen LogP contribution in [0.3, 0.4) is 0 Å². The third-order valence-electron chi connectivity index (χ3n) is 6.93. The van der Waals surface area contributed by atoms with E-state index in [0.717, 1.165) is 35.3 Å². The molecule has 0 aromatic carbocycles. The quantitative estimate of drug-likeness (QED) is 0.247. The van der Waals surface area contributed by atoms with Crippen LogP contribution in [0.4, 0.5) is 10.8 Å². The number of amides is 1. The van der Waals surface area contributed by atoms with E-state index in [1.165, 1.54) is 41.5 Å². The van der Waals surface area contributed by atoms with Crippen LogP contribution < -0.4 is 11.1 Å². The SMILES string of the molecule is COC(=O)c1c(NC(=O)CCSc2nc(N)c(C#N)c(-c3ccsc3)c2C#N)sc2c1CCC(C(C)(C)C)C2. The van der Waals surface area contributed by atoms with Crippen LogP contribution in [0.2, 0.25) is 0 Å². The van der Waals surface area contributed by atoms with Crippen molar-refractivity contribution in [2.45, 2.75) is 51.5 Å². The van der Waals surface area contributed by atoms with Crippen molar-refractivity contribution >= 4 is 57.1 Å². The number of hydrogen-bond donors (Lipinski definition) is 2. The number of nitrogen functional groups attached to an aromatic ring is 1. The van der Waals surface area contributed by atoms with Crippen LogP contribution in [-0.4, -0.2) is 29.7 Å². The first kappa shape index (κ1) is 28.6. The zero-order valence-electron chi connectivity index (χ0n) is 22.2. The van der Waals surface area contributed by atoms with E-state index in [1.54, 1.807) is 0 Å². The molecule has 1 atom stereocenters. The van der Waals surface area contributed by atoms with Gasteiger partial charge < -0.3 is 15.8 Å². The fourth-order valence-electron chi connectivity index (χ4n) is 4.76. The number of nitriles is 2. The van der Waals surface area contributed by atoms with Crippen LogP contribution in [0.15, 0.2) is 21.9 Å². The van der Waals surface area contributed by atoms with Gasteiger partial charge >= 0.3 is 5.97 Å². The number of rotatable bonds is 7. The molecule has 4 rings (SSSR count). The number of aromatic nitrogens is 1. The number of thiophene rings is 2. The second kappa shape index (κ2) is 11.8. The maximum absolute atomic E-state index is 13.0. The number of fused-ring (bicyclic) bond motifs is 1. The number of nitrogens with two attached hydrogens (primary N) is 1. The summed E-state index contributed by atoms with van der Waals surface area (Å²) in [6.45, 7) is 6.69. The Kier molecular flexibility index (Phi) is 8.65. The number of methoxy groups -OCH3 is 1. The topological polar surface area (TPSA) is 142 Å². The van der Waals surface area contributed by atoms with Gasteiger partial charge in [-0.05, 0) is 58.5 Å². The first-order valence-corrected chi connectivity index (χ1v) is 15.1. The third-order valence-corrected chi connectivity index (χ3v) is 9.76. The van der Waals surface area contributed by atoms with E-state index in [1.807, 2.05) is 16.8 Å². The van der Waals surface area contributed by atoms with Crippen molar-refractivity contribution in [2.75, 3.05) is 23.9 Å². The van der Waals surface area contributed by atoms with Gasteiger partial charge in [-0.1, -0.05) is 20.8 Å². The molecule has 0 fully saturated rings. The Morgan fingerprint density at radius 3 is 2.64 bits per heavy atom. The number of anilines is 2. The molecule has 39 heavy (non-hydrogen) atoms. The van der Waals surface area contributed by atoms with Gasteiger partial charge in [0, 0.05) is 22.6 Å². The zero-order valence-corrected chi connectivity index (χ0v) is 24.7. The number of carbonyl (C=O) groups is 2. The molecular weight excluding hydrogens is 551 g/mol. The van der Waals surface area contributed by atoms with Crippen LogP contribution in [0.25, 0.3) is 11.1 Å². The summed E-state index contributed by atoms with van der Waals surface area (Å²) in [6, 6.07) is 6.05. The predicted molar refractivity (Wildman–Crippen MR) is 156 cm³/mol. The largest absolute Gasteiger partial charge is 0.465 e. The van der Waals surface area contributed by atoms with Gasteiger partial charge in [0.15, 0.2) is 0 Å². The standard InChI is InChI=1S/C28H29N5O3S3/c1-28(2,3)16-5-6-17-20(11-16)39-26(23(17)27(35)36-4)32-21(34)8-10-38-25-19(13-30)22(15-7-9-37-14-15)18(12-29)24(31)33-25/h7,9,14,16H,5-6,8,10-11H2,1-4H3,(H2,31,33)(H,32,34). The summed E-state index contributed by atoms with van der Waals surface area (Å²) in [7, 11) is 1.35. The lowest BCUT2D eigenvalue weighted by Crippen LogP contribution is -2.26. The number of esters is 1. The second-order valence-electron chi connectivity index (χ2n) is 10.3. The predicted octanol–water partition coefficient (Wildman–Crippen LogP) is 6.26. The Labute approximate surface area is 240 Å². The van der Waals surface area contributed by atoms with E-state index in [9.17, 15) is 20.1 Å². The van der Waals surface area contributed by atoms with Gasteiger partial charge in [-0.2, -0.15) is 21.9 Å². The molecule has 3 aromatic rings. The molecule has 11 heteroatoms. The lowest BCUT2D eigenvalue weighted by Gasteiger charge is -2.33. The van der Waals surface area contributed by atoms with E-state index in [0.29, 0.717) is 32.8 Å². The van der Waals surface area contributed by atoms with Gasteiger partial charge in [0.25, 0.3) is 0 Å². The molecule has 3 heterocycles. The van der Waals surface area contributed by atoms with Gasteiger partial charge in [0.05, 0.1) is 18.2 Å². The Morgan fingerprint density at radius 1 is 1.28 bits per heavy atom. The lowest BCUT2D eigenvalue weighted by molar-refractivity contribution is -0.115. The molecule has 1 aliphatic carbocycles. The maximum Gasteiger partial charge on any atom is 0.341 e. The van der Waals surface area contributed by atoms with Gasteiger partial charge in [-0.3, -0.25) is 4.79 Å². The minimum Gasteiger partial charge on any atom is -0.465 e. The first-order valence-electron chi connectivity index (χ1n) is 12.4. The highest BCUT2D eigenvalue weighted by atomic mass is 32.2. The average Bonchev–Trinajstić information content (AvgIpc) is 3.55. The highest BCUT2D eigenvalue weighted by Crippen LogP contribution is 2.44. The fraction of sp³-hybridized carbons (Fsp3) is 0.393. The second-order valence-corrected chi connectivity index (χ2v) is 13.3. The number of nitrogens with zero attached hydrogens (tertiary/aromatic N) is 3.